The first-order valence-electron chi connectivity index (χ1n) is 6.73. The van der Waals surface area contributed by atoms with E-state index in [9.17, 15) is 4.79 Å². The van der Waals surface area contributed by atoms with E-state index in [2.05, 4.69) is 24.0 Å². The summed E-state index contributed by atoms with van der Waals surface area (Å²) in [5, 5.41) is 0. The standard InChI is InChI=1S/C15H23NO2/c1-3-12-16(14-9-6-5-7-10-14)13-8-11-15(17)18-4-2/h5-7,9-10H,3-4,8,11-13H2,1-2H3. The van der Waals surface area contributed by atoms with Crippen LogP contribution in [-0.2, 0) is 9.53 Å². The van der Waals surface area contributed by atoms with E-state index in [1.165, 1.54) is 5.69 Å². The second-order valence-corrected chi connectivity index (χ2v) is 4.23. The van der Waals surface area contributed by atoms with E-state index >= 15 is 0 Å². The highest BCUT2D eigenvalue weighted by Gasteiger charge is 2.07. The maximum atomic E-state index is 11.3. The summed E-state index contributed by atoms with van der Waals surface area (Å²) in [6.45, 7) is 6.40. The van der Waals surface area contributed by atoms with Gasteiger partial charge in [-0.25, -0.2) is 0 Å². The van der Waals surface area contributed by atoms with Crippen molar-refractivity contribution in [2.24, 2.45) is 0 Å². The summed E-state index contributed by atoms with van der Waals surface area (Å²) in [5.41, 5.74) is 1.23. The molecule has 0 fully saturated rings. The Balaban J connectivity index is 2.42. The Morgan fingerprint density at radius 2 is 1.89 bits per heavy atom. The molecule has 0 amide bonds. The fourth-order valence-electron chi connectivity index (χ4n) is 1.93. The molecule has 3 heteroatoms. The molecule has 0 bridgehead atoms. The number of carbonyl (C=O) groups is 1. The molecule has 18 heavy (non-hydrogen) atoms. The van der Waals surface area contributed by atoms with Crippen molar-refractivity contribution in [3.8, 4) is 0 Å². The number of nitrogens with zero attached hydrogens (tertiary/aromatic N) is 1. The molecule has 0 unspecified atom stereocenters. The second-order valence-electron chi connectivity index (χ2n) is 4.23. The molecular formula is C15H23NO2. The molecule has 1 aromatic carbocycles. The van der Waals surface area contributed by atoms with Crippen LogP contribution in [0.5, 0.6) is 0 Å². The lowest BCUT2D eigenvalue weighted by atomic mass is 10.2. The first kappa shape index (κ1) is 14.6. The minimum atomic E-state index is -0.0954. The molecule has 0 aromatic heterocycles. The molecule has 0 radical (unpaired) electrons. The highest BCUT2D eigenvalue weighted by atomic mass is 16.5. The fourth-order valence-corrected chi connectivity index (χ4v) is 1.93. The normalized spacial score (nSPS) is 10.1. The molecular weight excluding hydrogens is 226 g/mol. The third kappa shape index (κ3) is 5.21. The Labute approximate surface area is 110 Å². The van der Waals surface area contributed by atoms with Gasteiger partial charge in [0.05, 0.1) is 6.61 Å². The maximum absolute atomic E-state index is 11.3. The Bertz CT molecular complexity index is 338. The van der Waals surface area contributed by atoms with Gasteiger partial charge in [-0.2, -0.15) is 0 Å². The van der Waals surface area contributed by atoms with Gasteiger partial charge in [0.15, 0.2) is 0 Å². The molecule has 0 aliphatic rings. The summed E-state index contributed by atoms with van der Waals surface area (Å²) in [4.78, 5) is 13.6. The Hall–Kier alpha value is -1.51. The van der Waals surface area contributed by atoms with Crippen LogP contribution < -0.4 is 4.90 Å². The SMILES string of the molecule is CCCN(CCCC(=O)OCC)c1ccccc1. The number of benzene rings is 1. The summed E-state index contributed by atoms with van der Waals surface area (Å²) >= 11 is 0. The van der Waals surface area contributed by atoms with Crippen molar-refractivity contribution in [3.05, 3.63) is 30.3 Å². The van der Waals surface area contributed by atoms with E-state index in [1.807, 2.05) is 25.1 Å². The first-order chi connectivity index (χ1) is 8.77. The average Bonchev–Trinajstić information content (AvgIpc) is 2.39. The Morgan fingerprint density at radius 3 is 2.50 bits per heavy atom. The summed E-state index contributed by atoms with van der Waals surface area (Å²) in [5.74, 6) is -0.0954. The summed E-state index contributed by atoms with van der Waals surface area (Å²) in [6.07, 6.45) is 2.45. The summed E-state index contributed by atoms with van der Waals surface area (Å²) in [6, 6.07) is 10.3. The lowest BCUT2D eigenvalue weighted by Gasteiger charge is -2.24. The molecule has 1 aromatic rings. The van der Waals surface area contributed by atoms with Crippen molar-refractivity contribution >= 4 is 11.7 Å². The molecule has 0 N–H and O–H groups in total. The zero-order valence-electron chi connectivity index (χ0n) is 11.4. The number of para-hydroxylation sites is 1. The van der Waals surface area contributed by atoms with Crippen LogP contribution in [0.1, 0.15) is 33.1 Å². The largest absolute Gasteiger partial charge is 0.466 e. The number of hydrogen-bond acceptors (Lipinski definition) is 3. The molecule has 100 valence electrons. The number of esters is 1. The van der Waals surface area contributed by atoms with Crippen molar-refractivity contribution in [1.82, 2.24) is 0 Å². The van der Waals surface area contributed by atoms with Gasteiger partial charge in [-0.15, -0.1) is 0 Å². The predicted octanol–water partition coefficient (Wildman–Crippen LogP) is 3.25. The zero-order valence-corrected chi connectivity index (χ0v) is 11.4. The van der Waals surface area contributed by atoms with Crippen molar-refractivity contribution in [2.75, 3.05) is 24.6 Å². The number of ether oxygens (including phenoxy) is 1. The number of anilines is 1. The third-order valence-electron chi connectivity index (χ3n) is 2.73. The van der Waals surface area contributed by atoms with Gasteiger partial charge < -0.3 is 9.64 Å². The van der Waals surface area contributed by atoms with Gasteiger partial charge in [0.1, 0.15) is 0 Å². The zero-order chi connectivity index (χ0) is 13.2. The molecule has 0 saturated carbocycles. The van der Waals surface area contributed by atoms with Crippen LogP contribution in [0, 0.1) is 0 Å². The van der Waals surface area contributed by atoms with Crippen LogP contribution in [0.25, 0.3) is 0 Å². The van der Waals surface area contributed by atoms with Crippen LogP contribution in [0.15, 0.2) is 30.3 Å². The molecule has 1 rings (SSSR count). The fraction of sp³-hybridized carbons (Fsp3) is 0.533. The van der Waals surface area contributed by atoms with Crippen LogP contribution in [-0.4, -0.2) is 25.7 Å². The monoisotopic (exact) mass is 249 g/mol. The molecule has 0 aliphatic heterocycles. The molecule has 3 nitrogen and oxygen atoms in total. The molecule has 0 aliphatic carbocycles. The average molecular weight is 249 g/mol. The van der Waals surface area contributed by atoms with E-state index < -0.39 is 0 Å². The van der Waals surface area contributed by atoms with Gasteiger partial charge in [0.25, 0.3) is 0 Å². The molecule has 0 atom stereocenters. The van der Waals surface area contributed by atoms with Gasteiger partial charge in [-0.05, 0) is 31.9 Å². The minimum absolute atomic E-state index is 0.0954. The third-order valence-corrected chi connectivity index (χ3v) is 2.73. The van der Waals surface area contributed by atoms with Crippen molar-refractivity contribution in [1.29, 1.82) is 0 Å². The van der Waals surface area contributed by atoms with Gasteiger partial charge in [0.2, 0.25) is 0 Å². The Morgan fingerprint density at radius 1 is 1.17 bits per heavy atom. The first-order valence-corrected chi connectivity index (χ1v) is 6.73. The second kappa shape index (κ2) is 8.56. The topological polar surface area (TPSA) is 29.5 Å². The minimum Gasteiger partial charge on any atom is -0.466 e. The Kier molecular flexibility index (Phi) is 6.92. The highest BCUT2D eigenvalue weighted by Crippen LogP contribution is 2.14. The lowest BCUT2D eigenvalue weighted by molar-refractivity contribution is -0.143. The van der Waals surface area contributed by atoms with Crippen molar-refractivity contribution in [3.63, 3.8) is 0 Å². The smallest absolute Gasteiger partial charge is 0.305 e. The highest BCUT2D eigenvalue weighted by molar-refractivity contribution is 5.69. The van der Waals surface area contributed by atoms with E-state index in [0.717, 1.165) is 25.9 Å². The molecule has 0 spiro atoms. The van der Waals surface area contributed by atoms with E-state index in [-0.39, 0.29) is 5.97 Å². The van der Waals surface area contributed by atoms with E-state index in [0.29, 0.717) is 13.0 Å². The molecule has 0 heterocycles. The molecule has 0 saturated heterocycles. The maximum Gasteiger partial charge on any atom is 0.305 e. The van der Waals surface area contributed by atoms with Gasteiger partial charge in [0, 0.05) is 25.2 Å². The summed E-state index contributed by atoms with van der Waals surface area (Å²) in [7, 11) is 0. The number of rotatable bonds is 8. The quantitative estimate of drug-likeness (QED) is 0.662. The predicted molar refractivity (Wildman–Crippen MR) is 74.8 cm³/mol. The van der Waals surface area contributed by atoms with Crippen LogP contribution >= 0.6 is 0 Å². The van der Waals surface area contributed by atoms with E-state index in [1.54, 1.807) is 0 Å². The van der Waals surface area contributed by atoms with Gasteiger partial charge in [-0.3, -0.25) is 4.79 Å². The van der Waals surface area contributed by atoms with Crippen LogP contribution in [0.4, 0.5) is 5.69 Å². The number of carbonyl (C=O) groups excluding carboxylic acids is 1. The summed E-state index contributed by atoms with van der Waals surface area (Å²) < 4.78 is 4.93. The van der Waals surface area contributed by atoms with E-state index in [4.69, 9.17) is 4.74 Å². The van der Waals surface area contributed by atoms with Crippen LogP contribution in [0.3, 0.4) is 0 Å². The van der Waals surface area contributed by atoms with Crippen molar-refractivity contribution in [2.45, 2.75) is 33.1 Å². The van der Waals surface area contributed by atoms with Gasteiger partial charge >= 0.3 is 5.97 Å². The lowest BCUT2D eigenvalue weighted by Crippen LogP contribution is -2.25. The number of hydrogen-bond donors (Lipinski definition) is 0. The van der Waals surface area contributed by atoms with Crippen molar-refractivity contribution < 1.29 is 9.53 Å². The van der Waals surface area contributed by atoms with Crippen LogP contribution in [0.2, 0.25) is 0 Å². The van der Waals surface area contributed by atoms with Gasteiger partial charge in [-0.1, -0.05) is 25.1 Å².